The van der Waals surface area contributed by atoms with Crippen LogP contribution in [0.25, 0.3) is 5.70 Å². The van der Waals surface area contributed by atoms with Crippen LogP contribution in [0.15, 0.2) is 54.3 Å². The fourth-order valence-electron chi connectivity index (χ4n) is 4.29. The molecule has 31 heavy (non-hydrogen) atoms. The van der Waals surface area contributed by atoms with Gasteiger partial charge in [-0.1, -0.05) is 12.1 Å². The van der Waals surface area contributed by atoms with E-state index in [-0.39, 0.29) is 29.2 Å². The molecule has 2 fully saturated rings. The quantitative estimate of drug-likeness (QED) is 0.430. The topological polar surface area (TPSA) is 168 Å². The highest BCUT2D eigenvalue weighted by Gasteiger charge is 2.42. The summed E-state index contributed by atoms with van der Waals surface area (Å²) in [6.45, 7) is 1.27. The van der Waals surface area contributed by atoms with E-state index >= 15 is 0 Å². The number of hydrogen-bond acceptors (Lipinski definition) is 9. The van der Waals surface area contributed by atoms with Crippen LogP contribution in [-0.2, 0) is 0 Å². The second-order valence-electron chi connectivity index (χ2n) is 7.73. The number of rotatable bonds is 5. The number of fused-ring (bicyclic) bond motifs is 2. The van der Waals surface area contributed by atoms with Crippen molar-refractivity contribution in [1.82, 2.24) is 14.9 Å². The van der Waals surface area contributed by atoms with Crippen molar-refractivity contribution in [2.24, 2.45) is 17.2 Å². The first-order chi connectivity index (χ1) is 14.8. The first-order valence-corrected chi connectivity index (χ1v) is 9.94. The average molecular weight is 423 g/mol. The van der Waals surface area contributed by atoms with Crippen LogP contribution in [0.4, 0.5) is 5.95 Å². The zero-order valence-electron chi connectivity index (χ0n) is 16.8. The van der Waals surface area contributed by atoms with Crippen molar-refractivity contribution in [3.8, 4) is 5.75 Å². The maximum absolute atomic E-state index is 11.1. The third-order valence-electron chi connectivity index (χ3n) is 5.74. The van der Waals surface area contributed by atoms with Gasteiger partial charge in [-0.25, -0.2) is 14.8 Å². The van der Waals surface area contributed by atoms with Gasteiger partial charge in [-0.3, -0.25) is 0 Å². The molecular formula is C21H25N7O3. The van der Waals surface area contributed by atoms with Gasteiger partial charge in [0, 0.05) is 48.8 Å². The summed E-state index contributed by atoms with van der Waals surface area (Å²) < 4.78 is 0. The lowest BCUT2D eigenvalue weighted by molar-refractivity contribution is 0.0696. The van der Waals surface area contributed by atoms with Crippen LogP contribution in [0.5, 0.6) is 5.75 Å². The number of aromatic nitrogens is 2. The predicted octanol–water partition coefficient (Wildman–Crippen LogP) is 0.620. The van der Waals surface area contributed by atoms with Gasteiger partial charge in [0.2, 0.25) is 5.95 Å². The number of aromatic carboxylic acids is 1. The normalized spacial score (nSPS) is 20.6. The van der Waals surface area contributed by atoms with Crippen LogP contribution >= 0.6 is 0 Å². The maximum Gasteiger partial charge on any atom is 0.338 e. The summed E-state index contributed by atoms with van der Waals surface area (Å²) in [6.07, 6.45) is 6.24. The van der Waals surface area contributed by atoms with E-state index in [0.29, 0.717) is 36.0 Å². The number of phenols is 1. The molecule has 1 aromatic carbocycles. The fraction of sp³-hybridized carbons (Fsp3) is 0.286. The summed E-state index contributed by atoms with van der Waals surface area (Å²) in [5.74, 6) is -0.305. The number of piperazine rings is 1. The van der Waals surface area contributed by atoms with Gasteiger partial charge in [-0.15, -0.1) is 0 Å². The first kappa shape index (κ1) is 20.3. The average Bonchev–Trinajstić information content (AvgIpc) is 3.01. The molecule has 4 rings (SSSR count). The summed E-state index contributed by atoms with van der Waals surface area (Å²) in [4.78, 5) is 23.8. The zero-order chi connectivity index (χ0) is 22.1. The van der Waals surface area contributed by atoms with E-state index in [1.165, 1.54) is 12.4 Å². The Labute approximate surface area is 179 Å². The number of nitrogens with two attached hydrogens (primary N) is 3. The lowest BCUT2D eigenvalue weighted by Gasteiger charge is -2.42. The molecule has 162 valence electrons. The van der Waals surface area contributed by atoms with E-state index in [1.54, 1.807) is 30.3 Å². The zero-order valence-corrected chi connectivity index (χ0v) is 16.8. The van der Waals surface area contributed by atoms with Gasteiger partial charge in [0.1, 0.15) is 11.6 Å². The fourth-order valence-corrected chi connectivity index (χ4v) is 4.29. The molecule has 0 amide bonds. The summed E-state index contributed by atoms with van der Waals surface area (Å²) in [5.41, 5.74) is 19.8. The van der Waals surface area contributed by atoms with Gasteiger partial charge in [0.25, 0.3) is 0 Å². The van der Waals surface area contributed by atoms with Crippen molar-refractivity contribution in [1.29, 1.82) is 0 Å². The van der Waals surface area contributed by atoms with Crippen molar-refractivity contribution in [2.45, 2.75) is 24.9 Å². The van der Waals surface area contributed by atoms with E-state index in [4.69, 9.17) is 22.3 Å². The van der Waals surface area contributed by atoms with E-state index in [2.05, 4.69) is 19.8 Å². The van der Waals surface area contributed by atoms with Crippen molar-refractivity contribution in [3.05, 3.63) is 65.4 Å². The third-order valence-corrected chi connectivity index (χ3v) is 5.74. The maximum atomic E-state index is 11.1. The summed E-state index contributed by atoms with van der Waals surface area (Å²) >= 11 is 0. The Balaban J connectivity index is 1.57. The number of likely N-dealkylation sites (tertiary alicyclic amines) is 1. The molecule has 2 aliphatic heterocycles. The summed E-state index contributed by atoms with van der Waals surface area (Å²) in [7, 11) is 0. The van der Waals surface area contributed by atoms with Gasteiger partial charge in [0.05, 0.1) is 11.3 Å². The van der Waals surface area contributed by atoms with E-state index in [0.717, 1.165) is 12.8 Å². The Bertz CT molecular complexity index is 1030. The summed E-state index contributed by atoms with van der Waals surface area (Å²) in [6, 6.07) is 7.07. The number of hydrogen-bond donors (Lipinski definition) is 5. The molecule has 10 nitrogen and oxygen atoms in total. The number of nitrogens with zero attached hydrogens (tertiary/aromatic N) is 4. The number of aromatic hydroxyl groups is 1. The second-order valence-corrected chi connectivity index (χ2v) is 7.73. The molecule has 2 unspecified atom stereocenters. The van der Waals surface area contributed by atoms with Gasteiger partial charge in [-0.05, 0) is 31.1 Å². The smallest absolute Gasteiger partial charge is 0.338 e. The monoisotopic (exact) mass is 423 g/mol. The predicted molar refractivity (Wildman–Crippen MR) is 116 cm³/mol. The van der Waals surface area contributed by atoms with Crippen LogP contribution in [0, 0.1) is 0 Å². The Morgan fingerprint density at radius 3 is 2.23 bits per heavy atom. The number of para-hydroxylation sites is 1. The van der Waals surface area contributed by atoms with Crippen LogP contribution in [0.3, 0.4) is 0 Å². The number of anilines is 1. The Kier molecular flexibility index (Phi) is 5.28. The van der Waals surface area contributed by atoms with E-state index in [1.807, 2.05) is 0 Å². The second kappa shape index (κ2) is 8.05. The number of phenolic OH excluding ortho intramolecular Hbond substituents is 1. The van der Waals surface area contributed by atoms with E-state index in [9.17, 15) is 9.90 Å². The van der Waals surface area contributed by atoms with Gasteiger partial charge >= 0.3 is 5.97 Å². The van der Waals surface area contributed by atoms with Crippen molar-refractivity contribution >= 4 is 17.6 Å². The molecule has 0 saturated carbocycles. The van der Waals surface area contributed by atoms with Crippen LogP contribution in [0.2, 0.25) is 0 Å². The Morgan fingerprint density at radius 1 is 1.06 bits per heavy atom. The van der Waals surface area contributed by atoms with Crippen LogP contribution in [0.1, 0.15) is 28.8 Å². The molecule has 2 atom stereocenters. The van der Waals surface area contributed by atoms with Crippen molar-refractivity contribution < 1.29 is 15.0 Å². The highest BCUT2D eigenvalue weighted by atomic mass is 16.4. The number of benzene rings is 1. The van der Waals surface area contributed by atoms with Gasteiger partial charge < -0.3 is 37.2 Å². The van der Waals surface area contributed by atoms with E-state index < -0.39 is 5.97 Å². The molecule has 10 heteroatoms. The molecule has 0 aliphatic carbocycles. The minimum atomic E-state index is -1.05. The highest BCUT2D eigenvalue weighted by molar-refractivity contribution is 5.86. The number of carboxylic acid groups (broad SMARTS) is 1. The van der Waals surface area contributed by atoms with Crippen LogP contribution in [-0.4, -0.2) is 56.2 Å². The molecule has 8 N–H and O–H groups in total. The summed E-state index contributed by atoms with van der Waals surface area (Å²) in [5, 5.41) is 19.1. The lowest BCUT2D eigenvalue weighted by Crippen LogP contribution is -2.54. The highest BCUT2D eigenvalue weighted by Crippen LogP contribution is 2.35. The molecule has 1 aromatic heterocycles. The molecule has 2 bridgehead atoms. The van der Waals surface area contributed by atoms with Crippen molar-refractivity contribution in [2.75, 3.05) is 18.0 Å². The molecular weight excluding hydrogens is 398 g/mol. The Hall–Kier alpha value is -3.95. The third kappa shape index (κ3) is 3.91. The van der Waals surface area contributed by atoms with Crippen LogP contribution < -0.4 is 22.1 Å². The lowest BCUT2D eigenvalue weighted by atomic mass is 10.1. The molecule has 3 heterocycles. The molecule has 0 radical (unpaired) electrons. The number of carboxylic acids is 1. The number of allylic oxidation sites excluding steroid dienone is 1. The van der Waals surface area contributed by atoms with Crippen molar-refractivity contribution in [3.63, 3.8) is 0 Å². The molecule has 2 aromatic rings. The largest absolute Gasteiger partial charge is 0.507 e. The molecule has 2 aliphatic rings. The minimum absolute atomic E-state index is 0.0561. The molecule has 0 spiro atoms. The van der Waals surface area contributed by atoms with Gasteiger partial charge in [-0.2, -0.15) is 0 Å². The number of carbonyl (C=O) groups is 1. The Morgan fingerprint density at radius 2 is 1.68 bits per heavy atom. The standard InChI is InChI=1S/C21H25N7O3/c22-16(15-3-1-2-4-18(15)29)7-17(19(23)24)27-10-13-5-6-14(11-27)28(13)21-25-8-12(9-26-21)20(30)31/h1-4,7-9,13-14,29H,5-6,10-11,22-24H2,(H,30,31)/b16-7-. The molecule has 2 saturated heterocycles. The minimum Gasteiger partial charge on any atom is -0.507 e. The van der Waals surface area contributed by atoms with Gasteiger partial charge in [0.15, 0.2) is 0 Å². The SMILES string of the molecule is NC(N)=C(/C=C(\N)c1ccccc1O)N1CC2CCC(C1)N2c1ncc(C(=O)O)cn1. The first-order valence-electron chi connectivity index (χ1n) is 9.94.